The van der Waals surface area contributed by atoms with Crippen molar-refractivity contribution in [1.29, 1.82) is 0 Å². The summed E-state index contributed by atoms with van der Waals surface area (Å²) in [7, 11) is 0. The number of carbonyl (C=O) groups is 1. The van der Waals surface area contributed by atoms with Gasteiger partial charge in [-0.05, 0) is 12.1 Å². The van der Waals surface area contributed by atoms with Gasteiger partial charge in [-0.2, -0.15) is 13.2 Å². The molecule has 0 bridgehead atoms. The van der Waals surface area contributed by atoms with Gasteiger partial charge in [-0.1, -0.05) is 27.5 Å². The molecule has 1 N–H and O–H groups in total. The Morgan fingerprint density at radius 1 is 1.44 bits per heavy atom. The summed E-state index contributed by atoms with van der Waals surface area (Å²) in [5.74, 6) is -1.28. The van der Waals surface area contributed by atoms with Crippen molar-refractivity contribution in [2.45, 2.75) is 6.18 Å². The molecule has 0 fully saturated rings. The van der Waals surface area contributed by atoms with Crippen molar-refractivity contribution < 1.29 is 23.1 Å². The number of ketones is 1. The number of hydrogen-bond acceptors (Lipinski definition) is 2. The molecule has 0 spiro atoms. The van der Waals surface area contributed by atoms with Gasteiger partial charge in [0.1, 0.15) is 5.75 Å². The summed E-state index contributed by atoms with van der Waals surface area (Å²) in [6, 6.07) is 1.49. The normalized spacial score (nSPS) is 11.6. The summed E-state index contributed by atoms with van der Waals surface area (Å²) in [5, 5.41) is 8.13. The van der Waals surface area contributed by atoms with Crippen molar-refractivity contribution >= 4 is 33.3 Å². The van der Waals surface area contributed by atoms with Crippen LogP contribution in [0.3, 0.4) is 0 Å². The van der Waals surface area contributed by atoms with Crippen molar-refractivity contribution in [3.63, 3.8) is 0 Å². The predicted octanol–water partition coefficient (Wildman–Crippen LogP) is 3.64. The summed E-state index contributed by atoms with van der Waals surface area (Å²) < 4.78 is 37.8. The fourth-order valence-electron chi connectivity index (χ4n) is 1.17. The quantitative estimate of drug-likeness (QED) is 0.668. The van der Waals surface area contributed by atoms with E-state index in [1.54, 1.807) is 0 Å². The number of carbonyl (C=O) groups excluding carboxylic acids is 1. The maximum Gasteiger partial charge on any atom is 0.418 e. The molecule has 0 aliphatic rings. The lowest BCUT2D eigenvalue weighted by Crippen LogP contribution is -2.14. The lowest BCUT2D eigenvalue weighted by Gasteiger charge is -2.13. The molecule has 1 aromatic rings. The number of aromatic hydroxyl groups is 1. The summed E-state index contributed by atoms with van der Waals surface area (Å²) >= 11 is 8.13. The fourth-order valence-corrected chi connectivity index (χ4v) is 1.80. The zero-order chi connectivity index (χ0) is 12.5. The van der Waals surface area contributed by atoms with Gasteiger partial charge in [0.2, 0.25) is 0 Å². The highest BCUT2D eigenvalue weighted by molar-refractivity contribution is 9.09. The highest BCUT2D eigenvalue weighted by Gasteiger charge is 2.37. The first-order valence-corrected chi connectivity index (χ1v) is 5.46. The van der Waals surface area contributed by atoms with Gasteiger partial charge in [0.15, 0.2) is 5.78 Å². The Morgan fingerprint density at radius 2 is 2.00 bits per heavy atom. The SMILES string of the molecule is O=C(CBr)c1cc(O)cc(Cl)c1C(F)(F)F. The van der Waals surface area contributed by atoms with Crippen molar-refractivity contribution in [3.05, 3.63) is 28.3 Å². The number of Topliss-reactive ketones (excluding diaryl/α,β-unsaturated/α-hetero) is 1. The highest BCUT2D eigenvalue weighted by atomic mass is 79.9. The number of phenolic OH excluding ortho intramolecular Hbond substituents is 1. The Balaban J connectivity index is 3.51. The van der Waals surface area contributed by atoms with Crippen LogP contribution in [0.1, 0.15) is 15.9 Å². The van der Waals surface area contributed by atoms with Crippen LogP contribution in [0.4, 0.5) is 13.2 Å². The van der Waals surface area contributed by atoms with Gasteiger partial charge < -0.3 is 5.11 Å². The molecule has 0 amide bonds. The van der Waals surface area contributed by atoms with E-state index in [0.717, 1.165) is 12.1 Å². The average Bonchev–Trinajstić information content (AvgIpc) is 2.12. The molecule has 2 nitrogen and oxygen atoms in total. The van der Waals surface area contributed by atoms with Crippen molar-refractivity contribution in [1.82, 2.24) is 0 Å². The molecule has 0 unspecified atom stereocenters. The van der Waals surface area contributed by atoms with Crippen LogP contribution in [0.5, 0.6) is 5.75 Å². The molecular formula is C9H5BrClF3O2. The van der Waals surface area contributed by atoms with Gasteiger partial charge in [0.05, 0.1) is 15.9 Å². The van der Waals surface area contributed by atoms with Crippen LogP contribution in [-0.4, -0.2) is 16.2 Å². The molecule has 16 heavy (non-hydrogen) atoms. The van der Waals surface area contributed by atoms with Gasteiger partial charge >= 0.3 is 6.18 Å². The number of alkyl halides is 4. The average molecular weight is 317 g/mol. The van der Waals surface area contributed by atoms with Crippen LogP contribution < -0.4 is 0 Å². The van der Waals surface area contributed by atoms with Crippen molar-refractivity contribution in [3.8, 4) is 5.75 Å². The molecule has 0 saturated carbocycles. The van der Waals surface area contributed by atoms with E-state index in [2.05, 4.69) is 15.9 Å². The summed E-state index contributed by atoms with van der Waals surface area (Å²) in [4.78, 5) is 11.3. The number of phenols is 1. The Labute approximate surface area is 102 Å². The summed E-state index contributed by atoms with van der Waals surface area (Å²) in [6.45, 7) is 0. The summed E-state index contributed by atoms with van der Waals surface area (Å²) in [6.07, 6.45) is -4.74. The first kappa shape index (κ1) is 13.3. The number of halogens is 5. The predicted molar refractivity (Wildman–Crippen MR) is 56.2 cm³/mol. The molecule has 7 heteroatoms. The van der Waals surface area contributed by atoms with E-state index in [0.29, 0.717) is 0 Å². The van der Waals surface area contributed by atoms with Gasteiger partial charge in [-0.15, -0.1) is 0 Å². The molecule has 1 aromatic carbocycles. The molecule has 0 aromatic heterocycles. The topological polar surface area (TPSA) is 37.3 Å². The Hall–Kier alpha value is -0.750. The van der Waals surface area contributed by atoms with Crippen molar-refractivity contribution in [2.75, 3.05) is 5.33 Å². The molecule has 0 saturated heterocycles. The molecule has 0 aliphatic carbocycles. The van der Waals surface area contributed by atoms with E-state index in [1.807, 2.05) is 0 Å². The lowest BCUT2D eigenvalue weighted by atomic mass is 10.0. The van der Waals surface area contributed by atoms with E-state index in [9.17, 15) is 18.0 Å². The maximum atomic E-state index is 12.6. The Kier molecular flexibility index (Phi) is 3.85. The minimum atomic E-state index is -4.74. The van der Waals surface area contributed by atoms with Crippen LogP contribution in [-0.2, 0) is 6.18 Å². The number of hydrogen-bond donors (Lipinski definition) is 1. The maximum absolute atomic E-state index is 12.6. The lowest BCUT2D eigenvalue weighted by molar-refractivity contribution is -0.137. The highest BCUT2D eigenvalue weighted by Crippen LogP contribution is 2.39. The minimum Gasteiger partial charge on any atom is -0.508 e. The molecule has 1 rings (SSSR count). The third kappa shape index (κ3) is 2.68. The largest absolute Gasteiger partial charge is 0.508 e. The van der Waals surface area contributed by atoms with Crippen LogP contribution in [0.15, 0.2) is 12.1 Å². The fraction of sp³-hybridized carbons (Fsp3) is 0.222. The first-order chi connectivity index (χ1) is 7.27. The third-order valence-electron chi connectivity index (χ3n) is 1.78. The molecule has 0 atom stereocenters. The first-order valence-electron chi connectivity index (χ1n) is 3.96. The Morgan fingerprint density at radius 3 is 2.44 bits per heavy atom. The van der Waals surface area contributed by atoms with Gasteiger partial charge in [0.25, 0.3) is 0 Å². The van der Waals surface area contributed by atoms with E-state index in [-0.39, 0.29) is 5.33 Å². The second-order valence-electron chi connectivity index (χ2n) is 2.90. The molecule has 0 aliphatic heterocycles. The Bertz CT molecular complexity index is 431. The minimum absolute atomic E-state index is 0.282. The van der Waals surface area contributed by atoms with E-state index >= 15 is 0 Å². The van der Waals surface area contributed by atoms with E-state index < -0.39 is 33.9 Å². The zero-order valence-electron chi connectivity index (χ0n) is 7.61. The smallest absolute Gasteiger partial charge is 0.418 e. The molecular weight excluding hydrogens is 312 g/mol. The van der Waals surface area contributed by atoms with Crippen LogP contribution in [0, 0.1) is 0 Å². The van der Waals surface area contributed by atoms with Gasteiger partial charge in [-0.25, -0.2) is 0 Å². The number of rotatable bonds is 2. The standard InChI is InChI=1S/C9H5BrClF3O2/c10-3-7(16)5-1-4(15)2-6(11)8(5)9(12,13)14/h1-2,15H,3H2. The molecule has 0 radical (unpaired) electrons. The van der Waals surface area contributed by atoms with Gasteiger partial charge in [-0.3, -0.25) is 4.79 Å². The van der Waals surface area contributed by atoms with E-state index in [4.69, 9.17) is 16.7 Å². The van der Waals surface area contributed by atoms with Crippen LogP contribution in [0.2, 0.25) is 5.02 Å². The van der Waals surface area contributed by atoms with E-state index in [1.165, 1.54) is 0 Å². The second kappa shape index (κ2) is 4.63. The van der Waals surface area contributed by atoms with Crippen LogP contribution in [0.25, 0.3) is 0 Å². The summed E-state index contributed by atoms with van der Waals surface area (Å²) in [5.41, 5.74) is -1.87. The molecule has 0 heterocycles. The third-order valence-corrected chi connectivity index (χ3v) is 2.59. The zero-order valence-corrected chi connectivity index (χ0v) is 9.95. The van der Waals surface area contributed by atoms with Crippen LogP contribution >= 0.6 is 27.5 Å². The van der Waals surface area contributed by atoms with Crippen molar-refractivity contribution in [2.24, 2.45) is 0 Å². The number of benzene rings is 1. The van der Waals surface area contributed by atoms with Gasteiger partial charge in [0, 0.05) is 5.56 Å². The monoisotopic (exact) mass is 316 g/mol. The molecule has 88 valence electrons. The second-order valence-corrected chi connectivity index (χ2v) is 3.87.